The van der Waals surface area contributed by atoms with Gasteiger partial charge in [-0.1, -0.05) is 24.8 Å². The van der Waals surface area contributed by atoms with E-state index in [1.165, 1.54) is 0 Å². The van der Waals surface area contributed by atoms with Gasteiger partial charge in [-0.25, -0.2) is 0 Å². The van der Waals surface area contributed by atoms with Gasteiger partial charge in [0.2, 0.25) is 0 Å². The monoisotopic (exact) mass is 255 g/mol. The van der Waals surface area contributed by atoms with E-state index in [0.29, 0.717) is 17.0 Å². The van der Waals surface area contributed by atoms with E-state index in [1.807, 2.05) is 30.3 Å². The minimum Gasteiger partial charge on any atom is -0.438 e. The molecule has 2 rings (SSSR count). The third kappa shape index (κ3) is 2.60. The largest absolute Gasteiger partial charge is 0.438 e. The average Bonchev–Trinajstić information content (AvgIpc) is 2.32. The molecule has 15 heavy (non-hydrogen) atoms. The Bertz CT molecular complexity index is 469. The summed E-state index contributed by atoms with van der Waals surface area (Å²) < 4.78 is 18.3. The zero-order valence-corrected chi connectivity index (χ0v) is 10.4. The normalized spacial score (nSPS) is 25.3. The molecule has 0 amide bonds. The van der Waals surface area contributed by atoms with Gasteiger partial charge in [-0.05, 0) is 12.1 Å². The van der Waals surface area contributed by atoms with Crippen molar-refractivity contribution in [3.63, 3.8) is 0 Å². The number of nitrogens with zero attached hydrogens (tertiary/aromatic N) is 3. The van der Waals surface area contributed by atoms with Crippen LogP contribution in [0.25, 0.3) is 0 Å². The van der Waals surface area contributed by atoms with Crippen LogP contribution in [0.5, 0.6) is 5.75 Å². The number of benzene rings is 1. The van der Waals surface area contributed by atoms with Gasteiger partial charge < -0.3 is 4.52 Å². The molecular formula is C8H8N3OP3. The van der Waals surface area contributed by atoms with E-state index >= 15 is 0 Å². The summed E-state index contributed by atoms with van der Waals surface area (Å²) in [7, 11) is -0.846. The second-order valence-electron chi connectivity index (χ2n) is 2.62. The van der Waals surface area contributed by atoms with Crippen LogP contribution in [-0.4, -0.2) is 0 Å². The van der Waals surface area contributed by atoms with Crippen molar-refractivity contribution in [3.05, 3.63) is 42.7 Å². The second-order valence-corrected chi connectivity index (χ2v) is 6.85. The zero-order valence-electron chi connectivity index (χ0n) is 7.76. The fourth-order valence-corrected chi connectivity index (χ4v) is 4.81. The van der Waals surface area contributed by atoms with Crippen molar-refractivity contribution in [2.45, 2.75) is 0 Å². The van der Waals surface area contributed by atoms with E-state index in [-0.39, 0.29) is 0 Å². The van der Waals surface area contributed by atoms with Crippen LogP contribution in [0.3, 0.4) is 0 Å². The quantitative estimate of drug-likeness (QED) is 0.672. The molecule has 0 aliphatic carbocycles. The average molecular weight is 255 g/mol. The summed E-state index contributed by atoms with van der Waals surface area (Å²) in [5.74, 6) is 2.46. The van der Waals surface area contributed by atoms with E-state index in [1.54, 1.807) is 5.82 Å². The summed E-state index contributed by atoms with van der Waals surface area (Å²) in [6, 6.07) is 9.54. The lowest BCUT2D eigenvalue weighted by molar-refractivity contribution is 0.614. The molecule has 1 atom stereocenters. The molecule has 1 unspecified atom stereocenters. The van der Waals surface area contributed by atoms with Crippen LogP contribution in [0.1, 0.15) is 0 Å². The first-order valence-electron chi connectivity index (χ1n) is 4.16. The SMILES string of the molecule is C=CP1(Oc2ccccc2)=NP=NP=N1. The summed E-state index contributed by atoms with van der Waals surface area (Å²) >= 11 is 0. The van der Waals surface area contributed by atoms with Crippen molar-refractivity contribution in [2.24, 2.45) is 13.5 Å². The first kappa shape index (κ1) is 10.7. The highest BCUT2D eigenvalue weighted by Crippen LogP contribution is 2.59. The summed E-state index contributed by atoms with van der Waals surface area (Å²) in [6.45, 7) is 3.74. The molecule has 1 aliphatic rings. The van der Waals surface area contributed by atoms with Crippen molar-refractivity contribution >= 4 is 24.5 Å². The molecule has 4 nitrogen and oxygen atoms in total. The van der Waals surface area contributed by atoms with Crippen LogP contribution in [0, 0.1) is 0 Å². The van der Waals surface area contributed by atoms with E-state index in [2.05, 4.69) is 20.1 Å². The van der Waals surface area contributed by atoms with Gasteiger partial charge in [0.25, 0.3) is 7.43 Å². The fraction of sp³-hybridized carbons (Fsp3) is 0. The van der Waals surface area contributed by atoms with Crippen molar-refractivity contribution in [1.82, 2.24) is 0 Å². The first-order chi connectivity index (χ1) is 7.35. The molecule has 76 valence electrons. The van der Waals surface area contributed by atoms with Crippen molar-refractivity contribution < 1.29 is 4.52 Å². The Kier molecular flexibility index (Phi) is 3.43. The van der Waals surface area contributed by atoms with Crippen LogP contribution in [-0.2, 0) is 0 Å². The number of hydrogen-bond acceptors (Lipinski definition) is 4. The Morgan fingerprint density at radius 3 is 2.67 bits per heavy atom. The van der Waals surface area contributed by atoms with Crippen LogP contribution in [0.4, 0.5) is 0 Å². The summed E-state index contributed by atoms with van der Waals surface area (Å²) in [6.07, 6.45) is 0. The van der Waals surface area contributed by atoms with Gasteiger partial charge in [-0.3, -0.25) is 0 Å². The number of rotatable bonds is 3. The van der Waals surface area contributed by atoms with E-state index in [9.17, 15) is 0 Å². The zero-order chi connectivity index (χ0) is 10.6. The molecule has 1 aromatic carbocycles. The van der Waals surface area contributed by atoms with Gasteiger partial charge in [0.1, 0.15) is 5.75 Å². The Hall–Kier alpha value is -0.810. The van der Waals surface area contributed by atoms with Gasteiger partial charge >= 0.3 is 0 Å². The standard InChI is InChI=1S/C8H8N3OP3/c1-2-15(10-13-9-14-11-15)12-8-6-4-3-5-7-8/h2-7H,1H2. The topological polar surface area (TPSA) is 46.3 Å². The minimum atomic E-state index is -2.20. The molecule has 0 saturated heterocycles. The lowest BCUT2D eigenvalue weighted by atomic mass is 10.3. The van der Waals surface area contributed by atoms with Crippen LogP contribution >= 0.6 is 24.5 Å². The molecule has 0 aromatic heterocycles. The van der Waals surface area contributed by atoms with Gasteiger partial charge in [0, 0.05) is 5.82 Å². The van der Waals surface area contributed by atoms with E-state index < -0.39 is 7.43 Å². The molecule has 1 aromatic rings. The third-order valence-electron chi connectivity index (χ3n) is 1.64. The molecule has 0 radical (unpaired) electrons. The van der Waals surface area contributed by atoms with Crippen LogP contribution < -0.4 is 4.52 Å². The highest BCUT2D eigenvalue weighted by Gasteiger charge is 2.17. The molecule has 1 heterocycles. The number of hydrogen-bond donors (Lipinski definition) is 0. The van der Waals surface area contributed by atoms with E-state index in [4.69, 9.17) is 4.52 Å². The first-order valence-corrected chi connectivity index (χ1v) is 7.45. The highest BCUT2D eigenvalue weighted by molar-refractivity contribution is 7.71. The Morgan fingerprint density at radius 1 is 1.27 bits per heavy atom. The van der Waals surface area contributed by atoms with E-state index in [0.717, 1.165) is 5.75 Å². The summed E-state index contributed by atoms with van der Waals surface area (Å²) in [5.41, 5.74) is 0. The molecule has 0 spiro atoms. The maximum Gasteiger partial charge on any atom is 0.284 e. The van der Waals surface area contributed by atoms with Gasteiger partial charge in [-0.2, -0.15) is 13.5 Å². The lowest BCUT2D eigenvalue weighted by Gasteiger charge is -2.15. The number of para-hydroxylation sites is 1. The molecule has 7 heteroatoms. The Labute approximate surface area is 91.5 Å². The summed E-state index contributed by atoms with van der Waals surface area (Å²) in [4.78, 5) is 0. The smallest absolute Gasteiger partial charge is 0.284 e. The molecule has 0 fully saturated rings. The molecular weight excluding hydrogens is 247 g/mol. The lowest BCUT2D eigenvalue weighted by Crippen LogP contribution is -1.86. The third-order valence-corrected chi connectivity index (χ3v) is 5.92. The van der Waals surface area contributed by atoms with Crippen molar-refractivity contribution in [3.8, 4) is 5.75 Å². The maximum absolute atomic E-state index is 5.78. The van der Waals surface area contributed by atoms with Gasteiger partial charge in [-0.15, -0.1) is 0 Å². The summed E-state index contributed by atoms with van der Waals surface area (Å²) in [5, 5.41) is 0. The van der Waals surface area contributed by atoms with Crippen LogP contribution in [0.15, 0.2) is 56.3 Å². The molecule has 1 aliphatic heterocycles. The highest BCUT2D eigenvalue weighted by atomic mass is 31.2. The van der Waals surface area contributed by atoms with Crippen LogP contribution in [0.2, 0.25) is 0 Å². The van der Waals surface area contributed by atoms with Gasteiger partial charge in [0.05, 0.1) is 0 Å². The predicted octanol–water partition coefficient (Wildman–Crippen LogP) is 5.34. The Balaban J connectivity index is 2.31. The predicted molar refractivity (Wildman–Crippen MR) is 65.3 cm³/mol. The van der Waals surface area contributed by atoms with Crippen molar-refractivity contribution in [2.75, 3.05) is 0 Å². The Morgan fingerprint density at radius 2 is 2.07 bits per heavy atom. The fourth-order valence-electron chi connectivity index (χ4n) is 0.969. The second kappa shape index (κ2) is 4.81. The molecule has 0 N–H and O–H groups in total. The molecule has 0 bridgehead atoms. The maximum atomic E-state index is 5.78. The minimum absolute atomic E-state index is 0.676. The van der Waals surface area contributed by atoms with Crippen molar-refractivity contribution in [1.29, 1.82) is 0 Å². The van der Waals surface area contributed by atoms with Gasteiger partial charge in [0.15, 0.2) is 17.0 Å². The molecule has 0 saturated carbocycles.